The van der Waals surface area contributed by atoms with Crippen LogP contribution in [-0.2, 0) is 17.5 Å². The average molecular weight is 480 g/mol. The number of rotatable bonds is 6. The Morgan fingerprint density at radius 1 is 1.42 bits per heavy atom. The minimum absolute atomic E-state index is 0.0366. The quantitative estimate of drug-likeness (QED) is 0.677. The summed E-state index contributed by atoms with van der Waals surface area (Å²) in [6.07, 6.45) is -1.56. The van der Waals surface area contributed by atoms with Gasteiger partial charge in [-0.3, -0.25) is 4.79 Å². The van der Waals surface area contributed by atoms with Gasteiger partial charge in [0, 0.05) is 31.4 Å². The van der Waals surface area contributed by atoms with Crippen molar-refractivity contribution < 1.29 is 22.7 Å². The van der Waals surface area contributed by atoms with E-state index >= 15 is 0 Å². The molecule has 2 fully saturated rings. The first-order chi connectivity index (χ1) is 15.6. The zero-order valence-electron chi connectivity index (χ0n) is 17.7. The fraction of sp³-hybridized carbons (Fsp3) is 0.455. The van der Waals surface area contributed by atoms with Crippen LogP contribution in [-0.4, -0.2) is 47.0 Å². The maximum atomic E-state index is 13.3. The summed E-state index contributed by atoms with van der Waals surface area (Å²) in [5.74, 6) is -0.136. The Balaban J connectivity index is 1.62. The lowest BCUT2D eigenvalue weighted by molar-refractivity contribution is -0.137. The molecule has 2 aliphatic rings. The van der Waals surface area contributed by atoms with E-state index in [1.54, 1.807) is 0 Å². The van der Waals surface area contributed by atoms with E-state index < -0.39 is 22.2 Å². The van der Waals surface area contributed by atoms with E-state index in [1.807, 2.05) is 13.1 Å². The van der Waals surface area contributed by atoms with Crippen LogP contribution in [0.25, 0.3) is 11.4 Å². The molecule has 1 unspecified atom stereocenters. The minimum Gasteiger partial charge on any atom is -0.473 e. The summed E-state index contributed by atoms with van der Waals surface area (Å²) >= 11 is 5.72. The zero-order valence-corrected chi connectivity index (χ0v) is 18.5. The van der Waals surface area contributed by atoms with Crippen LogP contribution in [0.1, 0.15) is 30.4 Å². The molecule has 174 valence electrons. The van der Waals surface area contributed by atoms with Crippen LogP contribution in [0.2, 0.25) is 5.02 Å². The highest BCUT2D eigenvalue weighted by Crippen LogP contribution is 2.45. The molecule has 1 aromatic heterocycles. The Hall–Kier alpha value is -2.90. The molecule has 11 heteroatoms. The van der Waals surface area contributed by atoms with Crippen molar-refractivity contribution in [1.82, 2.24) is 20.2 Å². The molecule has 1 saturated heterocycles. The van der Waals surface area contributed by atoms with Crippen LogP contribution >= 0.6 is 11.6 Å². The molecule has 0 radical (unpaired) electrons. The van der Waals surface area contributed by atoms with Gasteiger partial charge in [0.25, 0.3) is 0 Å². The highest BCUT2D eigenvalue weighted by Gasteiger charge is 2.50. The first kappa shape index (κ1) is 23.3. The monoisotopic (exact) mass is 479 g/mol. The largest absolute Gasteiger partial charge is 0.473 e. The molecular weight excluding hydrogens is 459 g/mol. The van der Waals surface area contributed by atoms with E-state index in [0.717, 1.165) is 25.1 Å². The summed E-state index contributed by atoms with van der Waals surface area (Å²) in [7, 11) is 1.96. The number of hydrogen-bond acceptors (Lipinski definition) is 6. The van der Waals surface area contributed by atoms with Crippen LogP contribution < -0.4 is 10.1 Å². The van der Waals surface area contributed by atoms with Crippen LogP contribution in [0, 0.1) is 16.7 Å². The van der Waals surface area contributed by atoms with E-state index in [0.29, 0.717) is 24.9 Å². The van der Waals surface area contributed by atoms with Gasteiger partial charge >= 0.3 is 6.18 Å². The van der Waals surface area contributed by atoms with Gasteiger partial charge < -0.3 is 15.0 Å². The number of alkyl halides is 3. The number of ether oxygens (including phenoxy) is 1. The van der Waals surface area contributed by atoms with Crippen LogP contribution in [0.4, 0.5) is 13.2 Å². The molecule has 1 atom stereocenters. The van der Waals surface area contributed by atoms with E-state index in [4.69, 9.17) is 16.3 Å². The summed E-state index contributed by atoms with van der Waals surface area (Å²) < 4.78 is 45.9. The molecule has 33 heavy (non-hydrogen) atoms. The number of carbonyl (C=O) groups excluding carboxylic acids is 1. The van der Waals surface area contributed by atoms with Gasteiger partial charge in [-0.25, -0.2) is 4.98 Å². The van der Waals surface area contributed by atoms with Crippen molar-refractivity contribution >= 4 is 17.5 Å². The van der Waals surface area contributed by atoms with E-state index in [1.165, 1.54) is 12.3 Å². The fourth-order valence-electron chi connectivity index (χ4n) is 3.64. The van der Waals surface area contributed by atoms with Gasteiger partial charge in [-0.1, -0.05) is 11.6 Å². The van der Waals surface area contributed by atoms with Gasteiger partial charge in [0.1, 0.15) is 11.5 Å². The molecule has 2 aromatic rings. The first-order valence-electron chi connectivity index (χ1n) is 10.4. The lowest BCUT2D eigenvalue weighted by atomic mass is 10.1. The molecule has 1 amide bonds. The second kappa shape index (κ2) is 8.80. The predicted molar refractivity (Wildman–Crippen MR) is 113 cm³/mol. The van der Waals surface area contributed by atoms with Crippen molar-refractivity contribution in [1.29, 1.82) is 5.26 Å². The normalized spacial score (nSPS) is 19.7. The molecule has 2 heterocycles. The van der Waals surface area contributed by atoms with Crippen molar-refractivity contribution in [3.63, 3.8) is 0 Å². The number of carbonyl (C=O) groups is 1. The zero-order chi connectivity index (χ0) is 23.8. The molecule has 0 bridgehead atoms. The van der Waals surface area contributed by atoms with Crippen molar-refractivity contribution in [3.05, 3.63) is 40.5 Å². The van der Waals surface area contributed by atoms with Crippen LogP contribution in [0.5, 0.6) is 5.88 Å². The average Bonchev–Trinajstić information content (AvgIpc) is 3.47. The second-order valence-electron chi connectivity index (χ2n) is 8.38. The van der Waals surface area contributed by atoms with Gasteiger partial charge in [-0.05, 0) is 44.5 Å². The Bertz CT molecular complexity index is 1110. The number of likely N-dealkylation sites (tertiary alicyclic amines) is 1. The smallest absolute Gasteiger partial charge is 0.417 e. The molecule has 1 N–H and O–H groups in total. The summed E-state index contributed by atoms with van der Waals surface area (Å²) in [5, 5.41) is 11.5. The number of hydrogen-bond donors (Lipinski definition) is 1. The second-order valence-corrected chi connectivity index (χ2v) is 8.79. The number of nitriles is 1. The molecule has 1 aromatic carbocycles. The van der Waals surface area contributed by atoms with Gasteiger partial charge in [0.2, 0.25) is 11.8 Å². The highest BCUT2D eigenvalue weighted by atomic mass is 35.5. The van der Waals surface area contributed by atoms with Crippen LogP contribution in [0.15, 0.2) is 24.4 Å². The molecule has 4 rings (SSSR count). The molecular formula is C22H21ClF3N5O2. The first-order valence-corrected chi connectivity index (χ1v) is 10.8. The lowest BCUT2D eigenvalue weighted by Crippen LogP contribution is -2.31. The van der Waals surface area contributed by atoms with E-state index in [2.05, 4.69) is 20.2 Å². The maximum Gasteiger partial charge on any atom is 0.417 e. The molecule has 0 spiro atoms. The maximum absolute atomic E-state index is 13.3. The molecule has 7 nitrogen and oxygen atoms in total. The third-order valence-electron chi connectivity index (χ3n) is 5.82. The third-order valence-corrected chi connectivity index (χ3v) is 6.15. The number of nitrogens with zero attached hydrogens (tertiary/aromatic N) is 4. The van der Waals surface area contributed by atoms with Crippen molar-refractivity contribution in [2.75, 3.05) is 20.1 Å². The molecule has 1 aliphatic heterocycles. The van der Waals surface area contributed by atoms with Crippen molar-refractivity contribution in [3.8, 4) is 23.3 Å². The van der Waals surface area contributed by atoms with E-state index in [9.17, 15) is 23.2 Å². The number of amides is 1. The Morgan fingerprint density at radius 2 is 2.18 bits per heavy atom. The fourth-order valence-corrected chi connectivity index (χ4v) is 3.87. The molecule has 1 aliphatic carbocycles. The summed E-state index contributed by atoms with van der Waals surface area (Å²) in [5.41, 5.74) is -1.35. The predicted octanol–water partition coefficient (Wildman–Crippen LogP) is 3.82. The number of aromatic nitrogens is 2. The topological polar surface area (TPSA) is 91.1 Å². The van der Waals surface area contributed by atoms with Crippen molar-refractivity contribution in [2.45, 2.75) is 38.1 Å². The number of halogens is 4. The number of likely N-dealkylation sites (N-methyl/N-ethyl adjacent to an activating group) is 1. The molecule has 1 saturated carbocycles. The number of nitrogens with one attached hydrogen (secondary N) is 1. The van der Waals surface area contributed by atoms with Crippen molar-refractivity contribution in [2.24, 2.45) is 5.41 Å². The summed E-state index contributed by atoms with van der Waals surface area (Å²) in [4.78, 5) is 23.0. The Morgan fingerprint density at radius 3 is 2.79 bits per heavy atom. The number of benzene rings is 1. The summed E-state index contributed by atoms with van der Waals surface area (Å²) in [6.45, 7) is 1.54. The van der Waals surface area contributed by atoms with Crippen LogP contribution in [0.3, 0.4) is 0 Å². The highest BCUT2D eigenvalue weighted by molar-refractivity contribution is 6.31. The van der Waals surface area contributed by atoms with Gasteiger partial charge in [-0.15, -0.1) is 0 Å². The van der Waals surface area contributed by atoms with Gasteiger partial charge in [-0.2, -0.15) is 23.4 Å². The lowest BCUT2D eigenvalue weighted by Gasteiger charge is -2.17. The van der Waals surface area contributed by atoms with E-state index in [-0.39, 0.29) is 35.8 Å². The standard InChI is InChI=1S/C22H21ClF3N5O2/c1-31-7-4-15(11-31)33-19-14(10-29-20(32)21(12-27)5-6-21)9-28-18(30-19)13-2-3-17(23)16(8-13)22(24,25)26/h2-3,8-9,15H,4-7,10-11H2,1H3,(H,29,32). The minimum atomic E-state index is -4.62. The third kappa shape index (κ3) is 5.04. The SMILES string of the molecule is CN1CCC(Oc2nc(-c3ccc(Cl)c(C(F)(F)F)c3)ncc2CNC(=O)C2(C#N)CC2)C1. The van der Waals surface area contributed by atoms with Gasteiger partial charge in [0.05, 0.1) is 22.2 Å². The Labute approximate surface area is 193 Å². The summed E-state index contributed by atoms with van der Waals surface area (Å²) in [6, 6.07) is 5.50. The van der Waals surface area contributed by atoms with Gasteiger partial charge in [0.15, 0.2) is 5.82 Å². The Kier molecular flexibility index (Phi) is 6.20.